The zero-order chi connectivity index (χ0) is 6.85. The van der Waals surface area contributed by atoms with Crippen LogP contribution in [0.2, 0.25) is 0 Å². The second kappa shape index (κ2) is 2.65. The van der Waals surface area contributed by atoms with Crippen molar-refractivity contribution >= 4 is 0 Å². The summed E-state index contributed by atoms with van der Waals surface area (Å²) in [5.41, 5.74) is 0. The van der Waals surface area contributed by atoms with E-state index in [1.165, 1.54) is 3.80 Å². The summed E-state index contributed by atoms with van der Waals surface area (Å²) in [6, 6.07) is 0. The van der Waals surface area contributed by atoms with Gasteiger partial charge >= 0.3 is 65.2 Å². The molecule has 0 aliphatic carbocycles. The number of hydrogen-bond acceptors (Lipinski definition) is 0. The Hall–Kier alpha value is -0.102. The van der Waals surface area contributed by atoms with Crippen LogP contribution in [0.25, 0.3) is 0 Å². The second-order valence-electron chi connectivity index (χ2n) is 1.94. The van der Waals surface area contributed by atoms with Gasteiger partial charge in [-0.25, -0.2) is 0 Å². The van der Waals surface area contributed by atoms with Gasteiger partial charge in [0, 0.05) is 0 Å². The summed E-state index contributed by atoms with van der Waals surface area (Å²) >= 11 is 2.31. The fourth-order valence-corrected chi connectivity index (χ4v) is 1.42. The van der Waals surface area contributed by atoms with Crippen molar-refractivity contribution < 1.29 is 19.4 Å². The molecule has 1 aromatic heterocycles. The van der Waals surface area contributed by atoms with Gasteiger partial charge in [-0.3, -0.25) is 0 Å². The summed E-state index contributed by atoms with van der Waals surface area (Å²) in [5.74, 6) is 0. The zero-order valence-corrected chi connectivity index (χ0v) is 7.84. The van der Waals surface area contributed by atoms with Crippen molar-refractivity contribution in [3.05, 3.63) is 16.2 Å². The Morgan fingerprint density at radius 1 is 1.56 bits per heavy atom. The van der Waals surface area contributed by atoms with E-state index in [-0.39, 0.29) is 0 Å². The molecule has 0 spiro atoms. The molecule has 0 bridgehead atoms. The number of hydrogen-bond donors (Lipinski definition) is 0. The van der Waals surface area contributed by atoms with E-state index < -0.39 is 0 Å². The predicted octanol–water partition coefficient (Wildman–Crippen LogP) is 0.925. The van der Waals surface area contributed by atoms with E-state index in [1.54, 1.807) is 0 Å². The molecule has 0 unspecified atom stereocenters. The first-order valence-electron chi connectivity index (χ1n) is 2.93. The summed E-state index contributed by atoms with van der Waals surface area (Å²) in [6.07, 6.45) is 4.15. The Morgan fingerprint density at radius 2 is 2.22 bits per heavy atom. The molecule has 0 atom stereocenters. The maximum absolute atomic E-state index is 2.31. The summed E-state index contributed by atoms with van der Waals surface area (Å²) in [4.78, 5) is 0. The fourth-order valence-electron chi connectivity index (χ4n) is 0.723. The Balaban J connectivity index is 3.20. The first-order chi connectivity index (χ1) is 4.25. The molecule has 0 saturated carbocycles. The maximum atomic E-state index is 2.31. The van der Waals surface area contributed by atoms with Crippen LogP contribution < -0.4 is 0 Å². The van der Waals surface area contributed by atoms with Crippen LogP contribution in [0.4, 0.5) is 0 Å². The minimum atomic E-state index is 1.06. The van der Waals surface area contributed by atoms with Gasteiger partial charge in [0.25, 0.3) is 0 Å². The molecule has 1 rings (SSSR count). The molecule has 0 saturated heterocycles. The van der Waals surface area contributed by atoms with Gasteiger partial charge in [0.15, 0.2) is 0 Å². The van der Waals surface area contributed by atoms with Gasteiger partial charge in [0.05, 0.1) is 0 Å². The molecular weight excluding hydrogens is 295 g/mol. The standard InChI is InChI=1S/C6H10N2.Pt/c1-3-8-5-4-7(2)6-8;/h4-5H,3H2,1-2H3;. The van der Waals surface area contributed by atoms with Crippen molar-refractivity contribution in [1.82, 2.24) is 9.13 Å². The van der Waals surface area contributed by atoms with Gasteiger partial charge in [-0.05, 0) is 0 Å². The number of aromatic nitrogens is 2. The summed E-state index contributed by atoms with van der Waals surface area (Å²) in [7, 11) is 2.05. The average Bonchev–Trinajstić information content (AvgIpc) is 2.15. The van der Waals surface area contributed by atoms with Crippen molar-refractivity contribution in [2.45, 2.75) is 13.5 Å². The SMILES string of the molecule is CCn1ccn(C)[c]1=[Pt]. The zero-order valence-electron chi connectivity index (χ0n) is 5.57. The fraction of sp³-hybridized carbons (Fsp3) is 0.500. The van der Waals surface area contributed by atoms with Crippen LogP contribution in [-0.2, 0) is 32.9 Å². The summed E-state index contributed by atoms with van der Waals surface area (Å²) < 4.78 is 5.57. The van der Waals surface area contributed by atoms with Crippen molar-refractivity contribution in [2.24, 2.45) is 7.05 Å². The predicted molar refractivity (Wildman–Crippen MR) is 32.3 cm³/mol. The van der Waals surface area contributed by atoms with E-state index in [0.29, 0.717) is 0 Å². The third-order valence-electron chi connectivity index (χ3n) is 1.30. The first-order valence-corrected chi connectivity index (χ1v) is 4.06. The molecule has 3 heteroatoms. The molecule has 0 fully saturated rings. The Kier molecular flexibility index (Phi) is 2.07. The molecule has 1 aromatic rings. The Bertz CT molecular complexity index is 246. The van der Waals surface area contributed by atoms with Gasteiger partial charge in [-0.15, -0.1) is 0 Å². The van der Waals surface area contributed by atoms with Crippen molar-refractivity contribution in [2.75, 3.05) is 0 Å². The van der Waals surface area contributed by atoms with Crippen LogP contribution in [0.1, 0.15) is 6.92 Å². The van der Waals surface area contributed by atoms with E-state index in [9.17, 15) is 0 Å². The van der Waals surface area contributed by atoms with Crippen LogP contribution >= 0.6 is 0 Å². The average molecular weight is 305 g/mol. The first kappa shape index (κ1) is 7.01. The van der Waals surface area contributed by atoms with Gasteiger partial charge in [0.2, 0.25) is 0 Å². The number of nitrogens with zero attached hydrogens (tertiary/aromatic N) is 2. The van der Waals surface area contributed by atoms with E-state index in [2.05, 4.69) is 54.9 Å². The molecule has 0 amide bonds. The molecule has 2 nitrogen and oxygen atoms in total. The third kappa shape index (κ3) is 1.24. The van der Waals surface area contributed by atoms with Crippen LogP contribution in [0.15, 0.2) is 12.4 Å². The number of imidazole rings is 1. The van der Waals surface area contributed by atoms with Crippen LogP contribution in [-0.4, -0.2) is 9.13 Å². The van der Waals surface area contributed by atoms with Crippen LogP contribution in [0.5, 0.6) is 0 Å². The molecule has 0 radical (unpaired) electrons. The summed E-state index contributed by atoms with van der Waals surface area (Å²) in [6.45, 7) is 3.20. The van der Waals surface area contributed by atoms with Gasteiger partial charge in [-0.2, -0.15) is 0 Å². The van der Waals surface area contributed by atoms with E-state index >= 15 is 0 Å². The summed E-state index contributed by atoms with van der Waals surface area (Å²) in [5, 5.41) is 0. The molecule has 0 N–H and O–H groups in total. The van der Waals surface area contributed by atoms with Crippen LogP contribution in [0, 0.1) is 3.80 Å². The topological polar surface area (TPSA) is 9.86 Å². The van der Waals surface area contributed by atoms with Gasteiger partial charge in [-0.1, -0.05) is 0 Å². The molecule has 0 aliphatic heterocycles. The Labute approximate surface area is 65.5 Å². The molecule has 54 valence electrons. The van der Waals surface area contributed by atoms with Gasteiger partial charge in [0.1, 0.15) is 0 Å². The van der Waals surface area contributed by atoms with Gasteiger partial charge < -0.3 is 0 Å². The quantitative estimate of drug-likeness (QED) is 0.730. The van der Waals surface area contributed by atoms with E-state index in [0.717, 1.165) is 6.54 Å². The molecule has 9 heavy (non-hydrogen) atoms. The van der Waals surface area contributed by atoms with Crippen molar-refractivity contribution in [3.8, 4) is 0 Å². The monoisotopic (exact) mass is 305 g/mol. The second-order valence-corrected chi connectivity index (χ2v) is 2.95. The molecule has 0 aromatic carbocycles. The molecular formula is C6H10N2Pt. The minimum absolute atomic E-state index is 1.06. The Morgan fingerprint density at radius 3 is 2.44 bits per heavy atom. The molecule has 0 aliphatic rings. The normalized spacial score (nSPS) is 10.2. The third-order valence-corrected chi connectivity index (χ3v) is 2.75. The van der Waals surface area contributed by atoms with Crippen molar-refractivity contribution in [1.29, 1.82) is 0 Å². The van der Waals surface area contributed by atoms with E-state index in [4.69, 9.17) is 0 Å². The van der Waals surface area contributed by atoms with Crippen LogP contribution in [0.3, 0.4) is 0 Å². The molecule has 1 heterocycles. The number of rotatable bonds is 1. The van der Waals surface area contributed by atoms with Crippen molar-refractivity contribution in [3.63, 3.8) is 0 Å². The number of aryl methyl sites for hydroxylation is 2. The van der Waals surface area contributed by atoms with E-state index in [1.807, 2.05) is 0 Å².